The van der Waals surface area contributed by atoms with Crippen molar-refractivity contribution in [1.29, 1.82) is 0 Å². The van der Waals surface area contributed by atoms with Gasteiger partial charge < -0.3 is 0 Å². The van der Waals surface area contributed by atoms with Gasteiger partial charge in [0.2, 0.25) is 0 Å². The maximum absolute atomic E-state index is 4.52. The van der Waals surface area contributed by atoms with Crippen molar-refractivity contribution in [2.45, 2.75) is 0 Å². The number of hydrogen-bond donors (Lipinski definition) is 0. The Morgan fingerprint density at radius 2 is 0.562 bits per heavy atom. The lowest BCUT2D eigenvalue weighted by Crippen LogP contribution is -1.90. The molecule has 6 heteroatoms. The maximum atomic E-state index is 4.52. The van der Waals surface area contributed by atoms with E-state index in [9.17, 15) is 0 Å². The summed E-state index contributed by atoms with van der Waals surface area (Å²) in [6.45, 7) is 0. The minimum absolute atomic E-state index is 0.798. The second-order valence-corrected chi connectivity index (χ2v) is 10.7. The van der Waals surface area contributed by atoms with Gasteiger partial charge in [0.05, 0.1) is 0 Å². The van der Waals surface area contributed by atoms with Crippen LogP contribution in [0.15, 0.2) is 147 Å². The monoisotopic (exact) mass is 612 g/mol. The van der Waals surface area contributed by atoms with Crippen LogP contribution < -0.4 is 0 Å². The summed E-state index contributed by atoms with van der Waals surface area (Å²) >= 11 is 0. The molecule has 1 aromatic carbocycles. The van der Waals surface area contributed by atoms with Gasteiger partial charge in [-0.3, -0.25) is 29.9 Å². The third kappa shape index (κ3) is 7.53. The standard InChI is InChI=1S/C42H24N6/c1-4-31(22-43-13-1)7-10-34-16-40(28-46-25-34)37-19-38(41-17-35(26-47-29-41)11-8-32-5-2-14-44-23-32)21-39(20-37)42-18-36(27-48-30-42)12-9-33-6-3-15-45-24-33/h1-6,13-30H. The summed E-state index contributed by atoms with van der Waals surface area (Å²) < 4.78 is 0. The zero-order valence-electron chi connectivity index (χ0n) is 25.5. The van der Waals surface area contributed by atoms with Crippen LogP contribution in [0.5, 0.6) is 0 Å². The van der Waals surface area contributed by atoms with Crippen molar-refractivity contribution in [1.82, 2.24) is 29.9 Å². The average Bonchev–Trinajstić information content (AvgIpc) is 3.17. The highest BCUT2D eigenvalue weighted by atomic mass is 14.6. The van der Waals surface area contributed by atoms with Gasteiger partial charge in [-0.1, -0.05) is 35.5 Å². The van der Waals surface area contributed by atoms with Gasteiger partial charge >= 0.3 is 0 Å². The van der Waals surface area contributed by atoms with Crippen LogP contribution in [0.25, 0.3) is 33.4 Å². The molecule has 0 saturated carbocycles. The Bertz CT molecular complexity index is 2120. The quantitative estimate of drug-likeness (QED) is 0.196. The number of pyridine rings is 6. The Labute approximate surface area is 278 Å². The summed E-state index contributed by atoms with van der Waals surface area (Å²) in [6, 6.07) is 23.9. The lowest BCUT2D eigenvalue weighted by molar-refractivity contribution is 1.30. The van der Waals surface area contributed by atoms with Gasteiger partial charge in [0.1, 0.15) is 0 Å². The summed E-state index contributed by atoms with van der Waals surface area (Å²) in [5.41, 5.74) is 10.6. The van der Waals surface area contributed by atoms with Crippen LogP contribution in [-0.4, -0.2) is 29.9 Å². The van der Waals surface area contributed by atoms with Gasteiger partial charge in [0.15, 0.2) is 0 Å². The van der Waals surface area contributed by atoms with Crippen LogP contribution in [0.1, 0.15) is 33.4 Å². The Morgan fingerprint density at radius 3 is 0.854 bits per heavy atom. The van der Waals surface area contributed by atoms with E-state index in [1.807, 2.05) is 73.2 Å². The second kappa shape index (κ2) is 14.3. The molecular weight excluding hydrogens is 589 g/mol. The van der Waals surface area contributed by atoms with E-state index in [2.05, 4.69) is 83.6 Å². The molecule has 7 rings (SSSR count). The third-order valence-electron chi connectivity index (χ3n) is 7.19. The van der Waals surface area contributed by atoms with Gasteiger partial charge in [-0.05, 0) is 89.5 Å². The Balaban J connectivity index is 1.30. The molecule has 0 spiro atoms. The van der Waals surface area contributed by atoms with Crippen LogP contribution in [0, 0.1) is 35.5 Å². The lowest BCUT2D eigenvalue weighted by Gasteiger charge is -2.11. The molecule has 0 aliphatic carbocycles. The van der Waals surface area contributed by atoms with Crippen molar-refractivity contribution >= 4 is 0 Å². The summed E-state index contributed by atoms with van der Waals surface area (Å²) in [7, 11) is 0. The largest absolute Gasteiger partial charge is 0.263 e. The third-order valence-corrected chi connectivity index (χ3v) is 7.19. The fourth-order valence-electron chi connectivity index (χ4n) is 4.87. The molecule has 7 aromatic rings. The van der Waals surface area contributed by atoms with Gasteiger partial charge in [-0.2, -0.15) is 0 Å². The van der Waals surface area contributed by atoms with Crippen LogP contribution in [0.4, 0.5) is 0 Å². The molecule has 6 aromatic heterocycles. The fourth-order valence-corrected chi connectivity index (χ4v) is 4.87. The molecule has 48 heavy (non-hydrogen) atoms. The molecular formula is C42H24N6. The number of hydrogen-bond acceptors (Lipinski definition) is 6. The van der Waals surface area contributed by atoms with E-state index >= 15 is 0 Å². The summed E-state index contributed by atoms with van der Waals surface area (Å²) in [5, 5.41) is 0. The predicted molar refractivity (Wildman–Crippen MR) is 187 cm³/mol. The number of nitrogens with zero attached hydrogens (tertiary/aromatic N) is 6. The smallest absolute Gasteiger partial charge is 0.0438 e. The molecule has 0 unspecified atom stereocenters. The molecule has 0 amide bonds. The van der Waals surface area contributed by atoms with E-state index in [1.165, 1.54) is 0 Å². The van der Waals surface area contributed by atoms with Crippen molar-refractivity contribution < 1.29 is 0 Å². The fraction of sp³-hybridized carbons (Fsp3) is 0. The zero-order valence-corrected chi connectivity index (χ0v) is 25.5. The maximum Gasteiger partial charge on any atom is 0.0438 e. The molecule has 0 saturated heterocycles. The summed E-state index contributed by atoms with van der Waals surface area (Å²) in [5.74, 6) is 19.2. The van der Waals surface area contributed by atoms with Crippen LogP contribution in [0.3, 0.4) is 0 Å². The molecule has 0 fully saturated rings. The van der Waals surface area contributed by atoms with Crippen molar-refractivity contribution in [3.63, 3.8) is 0 Å². The Hall–Kier alpha value is -7.20. The highest BCUT2D eigenvalue weighted by Crippen LogP contribution is 2.33. The van der Waals surface area contributed by atoms with E-state index in [1.54, 1.807) is 55.8 Å². The minimum atomic E-state index is 0.798. The van der Waals surface area contributed by atoms with E-state index in [0.717, 1.165) is 66.8 Å². The van der Waals surface area contributed by atoms with Gasteiger partial charge in [-0.15, -0.1) is 0 Å². The van der Waals surface area contributed by atoms with Crippen LogP contribution in [0.2, 0.25) is 0 Å². The molecule has 0 N–H and O–H groups in total. The molecule has 0 bridgehead atoms. The SMILES string of the molecule is C(#Cc1cncc(-c2cc(-c3cncc(C#Cc4cccnc4)c3)cc(-c3cncc(C#Cc4cccnc4)c3)c2)c1)c1cccnc1. The van der Waals surface area contributed by atoms with Crippen molar-refractivity contribution in [3.05, 3.63) is 181 Å². The Kier molecular flexibility index (Phi) is 8.77. The first kappa shape index (κ1) is 29.5. The molecule has 0 aliphatic heterocycles. The first-order chi connectivity index (χ1) is 23.7. The summed E-state index contributed by atoms with van der Waals surface area (Å²) in [4.78, 5) is 26.0. The molecule has 222 valence electrons. The zero-order chi connectivity index (χ0) is 32.4. The molecule has 0 atom stereocenters. The number of benzene rings is 1. The van der Waals surface area contributed by atoms with Gasteiger partial charge in [0.25, 0.3) is 0 Å². The van der Waals surface area contributed by atoms with E-state index in [-0.39, 0.29) is 0 Å². The molecule has 0 aliphatic rings. The van der Waals surface area contributed by atoms with E-state index in [0.29, 0.717) is 0 Å². The number of aromatic nitrogens is 6. The molecule has 6 heterocycles. The number of rotatable bonds is 3. The van der Waals surface area contributed by atoms with Crippen molar-refractivity contribution in [2.24, 2.45) is 0 Å². The predicted octanol–water partition coefficient (Wildman–Crippen LogP) is 7.26. The topological polar surface area (TPSA) is 77.3 Å². The van der Waals surface area contributed by atoms with E-state index in [4.69, 9.17) is 0 Å². The first-order valence-electron chi connectivity index (χ1n) is 15.0. The van der Waals surface area contributed by atoms with Gasteiger partial charge in [0, 0.05) is 124 Å². The average molecular weight is 613 g/mol. The van der Waals surface area contributed by atoms with Crippen molar-refractivity contribution in [3.8, 4) is 68.9 Å². The van der Waals surface area contributed by atoms with E-state index < -0.39 is 0 Å². The highest BCUT2D eigenvalue weighted by Gasteiger charge is 2.10. The normalized spacial score (nSPS) is 10.0. The molecule has 0 radical (unpaired) electrons. The van der Waals surface area contributed by atoms with Crippen LogP contribution >= 0.6 is 0 Å². The highest BCUT2D eigenvalue weighted by molar-refractivity contribution is 5.81. The summed E-state index contributed by atoms with van der Waals surface area (Å²) in [6.07, 6.45) is 21.3. The van der Waals surface area contributed by atoms with Gasteiger partial charge in [-0.25, -0.2) is 0 Å². The van der Waals surface area contributed by atoms with Crippen molar-refractivity contribution in [2.75, 3.05) is 0 Å². The lowest BCUT2D eigenvalue weighted by atomic mass is 9.94. The Morgan fingerprint density at radius 1 is 0.271 bits per heavy atom. The second-order valence-electron chi connectivity index (χ2n) is 10.7. The minimum Gasteiger partial charge on any atom is -0.263 e. The van der Waals surface area contributed by atoms with Crippen LogP contribution in [-0.2, 0) is 0 Å². The molecule has 6 nitrogen and oxygen atoms in total. The first-order valence-corrected chi connectivity index (χ1v) is 15.0.